The number of hydrogen-bond acceptors (Lipinski definition) is 6. The van der Waals surface area contributed by atoms with Crippen LogP contribution in [0.4, 0.5) is 11.4 Å². The normalized spacial score (nSPS) is 17.1. The number of nitrogens with one attached hydrogen (secondary N) is 6. The lowest BCUT2D eigenvalue weighted by atomic mass is 9.97. The summed E-state index contributed by atoms with van der Waals surface area (Å²) >= 11 is 0. The number of hydrogen-bond donors (Lipinski definition) is 6. The van der Waals surface area contributed by atoms with E-state index in [9.17, 15) is 9.59 Å². The van der Waals surface area contributed by atoms with Gasteiger partial charge in [0.15, 0.2) is 0 Å². The maximum absolute atomic E-state index is 13.2. The molecule has 8 nitrogen and oxygen atoms in total. The molecular formula is C50H60N6O2. The van der Waals surface area contributed by atoms with E-state index < -0.39 is 0 Å². The first-order valence-corrected chi connectivity index (χ1v) is 21.3. The minimum Gasteiger partial charge on any atom is -0.380 e. The average Bonchev–Trinajstić information content (AvgIpc) is 4.18. The fourth-order valence-electron chi connectivity index (χ4n) is 7.67. The lowest BCUT2D eigenvalue weighted by Crippen LogP contribution is -2.51. The molecule has 5 aromatic rings. The van der Waals surface area contributed by atoms with E-state index in [1.165, 1.54) is 27.8 Å². The van der Waals surface area contributed by atoms with Crippen molar-refractivity contribution in [1.29, 1.82) is 0 Å². The Balaban J connectivity index is 0.000000171. The molecule has 2 heterocycles. The van der Waals surface area contributed by atoms with Crippen molar-refractivity contribution in [2.24, 2.45) is 0 Å². The predicted octanol–water partition coefficient (Wildman–Crippen LogP) is 8.85. The van der Waals surface area contributed by atoms with Gasteiger partial charge in [0, 0.05) is 48.7 Å². The zero-order valence-corrected chi connectivity index (χ0v) is 34.8. The van der Waals surface area contributed by atoms with Crippen LogP contribution in [0.1, 0.15) is 95.0 Å². The molecule has 6 N–H and O–H groups in total. The number of carbonyl (C=O) groups excluding carboxylic acids is 2. The summed E-state index contributed by atoms with van der Waals surface area (Å²) in [7, 11) is 0. The first-order chi connectivity index (χ1) is 28.2. The summed E-state index contributed by atoms with van der Waals surface area (Å²) in [5.74, 6) is 0.0304. The standard InChI is InChI=1S/C26H27N3O.C22H27N3O.C2H6/c1-18-10-11-22(28-23-16-27-17-23)15-24(18)25(30)29-26(12-13-26)21-9-5-8-20(14-21)19-6-3-2-4-7-19;1-3-16-5-4-6-17(11-16)22(9-10-22)25-21(26)20-12-18(8-7-15(20)2)24-19-13-23-14-19;1-2/h2-11,14-15,23,27-28H,12-13,16-17H2,1H3,(H,29,30);4-8,11-12,19,23-24H,3,9-10,13-14H2,1-2H3,(H,25,26);1-2H3. The summed E-state index contributed by atoms with van der Waals surface area (Å²) < 4.78 is 0. The van der Waals surface area contributed by atoms with Crippen LogP contribution in [-0.4, -0.2) is 50.1 Å². The van der Waals surface area contributed by atoms with Crippen molar-refractivity contribution in [2.45, 2.75) is 89.9 Å². The van der Waals surface area contributed by atoms with Gasteiger partial charge in [-0.1, -0.05) is 106 Å². The third-order valence-corrected chi connectivity index (χ3v) is 11.9. The topological polar surface area (TPSA) is 106 Å². The highest BCUT2D eigenvalue weighted by Crippen LogP contribution is 2.47. The van der Waals surface area contributed by atoms with Crippen molar-refractivity contribution in [3.05, 3.63) is 154 Å². The molecule has 4 aliphatic rings. The smallest absolute Gasteiger partial charge is 0.252 e. The van der Waals surface area contributed by atoms with Crippen LogP contribution in [0, 0.1) is 13.8 Å². The Morgan fingerprint density at radius 2 is 1.03 bits per heavy atom. The maximum atomic E-state index is 13.2. The van der Waals surface area contributed by atoms with Gasteiger partial charge in [-0.05, 0) is 115 Å². The molecule has 0 atom stereocenters. The molecule has 58 heavy (non-hydrogen) atoms. The van der Waals surface area contributed by atoms with Gasteiger partial charge in [0.25, 0.3) is 11.8 Å². The number of aryl methyl sites for hydroxylation is 3. The van der Waals surface area contributed by atoms with Gasteiger partial charge in [0.2, 0.25) is 0 Å². The molecule has 2 saturated heterocycles. The molecule has 0 spiro atoms. The summed E-state index contributed by atoms with van der Waals surface area (Å²) in [6.07, 6.45) is 4.98. The number of carbonyl (C=O) groups is 2. The summed E-state index contributed by atoms with van der Waals surface area (Å²) in [5, 5.41) is 20.2. The third kappa shape index (κ3) is 9.46. The van der Waals surface area contributed by atoms with Gasteiger partial charge in [-0.25, -0.2) is 0 Å². The third-order valence-electron chi connectivity index (χ3n) is 11.9. The predicted molar refractivity (Wildman–Crippen MR) is 239 cm³/mol. The maximum Gasteiger partial charge on any atom is 0.252 e. The largest absolute Gasteiger partial charge is 0.380 e. The van der Waals surface area contributed by atoms with E-state index in [1.54, 1.807) is 0 Å². The zero-order valence-electron chi connectivity index (χ0n) is 34.8. The number of amides is 2. The molecule has 4 fully saturated rings. The highest BCUT2D eigenvalue weighted by atomic mass is 16.2. The van der Waals surface area contributed by atoms with E-state index in [2.05, 4.69) is 124 Å². The van der Waals surface area contributed by atoms with Crippen LogP contribution in [0.3, 0.4) is 0 Å². The van der Waals surface area contributed by atoms with Crippen molar-refractivity contribution in [2.75, 3.05) is 36.8 Å². The first kappa shape index (κ1) is 40.7. The van der Waals surface area contributed by atoms with Gasteiger partial charge < -0.3 is 31.9 Å². The van der Waals surface area contributed by atoms with Gasteiger partial charge in [0.1, 0.15) is 0 Å². The molecule has 2 saturated carbocycles. The second-order valence-corrected chi connectivity index (χ2v) is 16.1. The van der Waals surface area contributed by atoms with Crippen LogP contribution in [-0.2, 0) is 17.5 Å². The second kappa shape index (κ2) is 18.0. The van der Waals surface area contributed by atoms with Crippen LogP contribution < -0.4 is 31.9 Å². The SMILES string of the molecule is CC.CCc1cccc(C2(NC(=O)c3cc(NC4CNC4)ccc3C)CC2)c1.Cc1ccc(NC2CNC2)cc1C(=O)NC1(c2cccc(-c3ccccc3)c2)CC1. The summed E-state index contributed by atoms with van der Waals surface area (Å²) in [4.78, 5) is 26.2. The van der Waals surface area contributed by atoms with Crippen LogP contribution in [0.15, 0.2) is 115 Å². The zero-order chi connectivity index (χ0) is 40.7. The molecule has 0 aromatic heterocycles. The monoisotopic (exact) mass is 776 g/mol. The lowest BCUT2D eigenvalue weighted by molar-refractivity contribution is 0.0921. The number of benzene rings is 5. The Kier molecular flexibility index (Phi) is 12.6. The molecule has 2 aliphatic heterocycles. The fraction of sp³-hybridized carbons (Fsp3) is 0.360. The van der Waals surface area contributed by atoms with E-state index in [1.807, 2.05) is 58.0 Å². The summed E-state index contributed by atoms with van der Waals surface area (Å²) in [5.41, 5.74) is 11.2. The van der Waals surface area contributed by atoms with Crippen molar-refractivity contribution in [3.8, 4) is 11.1 Å². The van der Waals surface area contributed by atoms with Crippen LogP contribution in [0.5, 0.6) is 0 Å². The highest BCUT2D eigenvalue weighted by molar-refractivity contribution is 5.98. The number of rotatable bonds is 12. The van der Waals surface area contributed by atoms with Gasteiger partial charge in [0.05, 0.1) is 23.2 Å². The van der Waals surface area contributed by atoms with E-state index in [0.29, 0.717) is 12.1 Å². The molecule has 9 rings (SSSR count). The minimum absolute atomic E-state index is 0.00509. The molecule has 5 aromatic carbocycles. The Hall–Kier alpha value is -5.44. The van der Waals surface area contributed by atoms with Crippen molar-refractivity contribution >= 4 is 23.2 Å². The molecular weight excluding hydrogens is 717 g/mol. The first-order valence-electron chi connectivity index (χ1n) is 21.3. The van der Waals surface area contributed by atoms with Gasteiger partial charge in [-0.3, -0.25) is 9.59 Å². The Bertz CT molecular complexity index is 2200. The molecule has 0 bridgehead atoms. The van der Waals surface area contributed by atoms with Gasteiger partial charge in [-0.2, -0.15) is 0 Å². The second-order valence-electron chi connectivity index (χ2n) is 16.1. The molecule has 0 unspecified atom stereocenters. The molecule has 2 amide bonds. The summed E-state index contributed by atoms with van der Waals surface area (Å²) in [6.45, 7) is 14.1. The Labute approximate surface area is 345 Å². The fourth-order valence-corrected chi connectivity index (χ4v) is 7.67. The molecule has 2 aliphatic carbocycles. The molecule has 302 valence electrons. The minimum atomic E-state index is -0.254. The molecule has 8 heteroatoms. The van der Waals surface area contributed by atoms with Gasteiger partial charge in [-0.15, -0.1) is 0 Å². The number of anilines is 2. The summed E-state index contributed by atoms with van der Waals surface area (Å²) in [6, 6.07) is 40.6. The highest BCUT2D eigenvalue weighted by Gasteiger charge is 2.47. The van der Waals surface area contributed by atoms with Crippen molar-refractivity contribution < 1.29 is 9.59 Å². The molecule has 0 radical (unpaired) electrons. The van der Waals surface area contributed by atoms with Crippen LogP contribution in [0.25, 0.3) is 11.1 Å². The van der Waals surface area contributed by atoms with E-state index in [4.69, 9.17) is 0 Å². The lowest BCUT2D eigenvalue weighted by Gasteiger charge is -2.29. The van der Waals surface area contributed by atoms with E-state index >= 15 is 0 Å². The van der Waals surface area contributed by atoms with Crippen LogP contribution >= 0.6 is 0 Å². The van der Waals surface area contributed by atoms with Gasteiger partial charge >= 0.3 is 0 Å². The van der Waals surface area contributed by atoms with Crippen molar-refractivity contribution in [1.82, 2.24) is 21.3 Å². The quantitative estimate of drug-likeness (QED) is 0.0757. The Morgan fingerprint density at radius 1 is 0.569 bits per heavy atom. The van der Waals surface area contributed by atoms with Crippen molar-refractivity contribution in [3.63, 3.8) is 0 Å². The van der Waals surface area contributed by atoms with E-state index in [0.717, 1.165) is 91.9 Å². The Morgan fingerprint density at radius 3 is 1.48 bits per heavy atom. The van der Waals surface area contributed by atoms with E-state index in [-0.39, 0.29) is 22.9 Å². The van der Waals surface area contributed by atoms with Crippen LogP contribution in [0.2, 0.25) is 0 Å². The average molecular weight is 777 g/mol.